The van der Waals surface area contributed by atoms with Gasteiger partial charge in [0.05, 0.1) is 12.7 Å². The fraction of sp³-hybridized carbons (Fsp3) is 0.727. The summed E-state index contributed by atoms with van der Waals surface area (Å²) >= 11 is 0. The standard InChI is InChI=1S/C11H17NO3/c1-2-8(11(13)14)12-6-7-15-10-5-3-4-9(10)12/h2,8-10H,1,3-7H2,(H,13,14). The molecular formula is C11H17NO3. The number of morpholine rings is 1. The minimum atomic E-state index is -0.808. The van der Waals surface area contributed by atoms with Gasteiger partial charge < -0.3 is 9.84 Å². The number of aliphatic carboxylic acids is 1. The smallest absolute Gasteiger partial charge is 0.324 e. The second-order valence-electron chi connectivity index (χ2n) is 4.16. The lowest BCUT2D eigenvalue weighted by molar-refractivity contribution is -0.146. The fourth-order valence-corrected chi connectivity index (χ4v) is 2.68. The van der Waals surface area contributed by atoms with Crippen molar-refractivity contribution in [3.05, 3.63) is 12.7 Å². The van der Waals surface area contributed by atoms with Crippen LogP contribution < -0.4 is 0 Å². The molecule has 0 aromatic rings. The van der Waals surface area contributed by atoms with Crippen LogP contribution in [-0.4, -0.2) is 47.3 Å². The Balaban J connectivity index is 2.12. The maximum absolute atomic E-state index is 11.1. The highest BCUT2D eigenvalue weighted by molar-refractivity contribution is 5.75. The minimum absolute atomic E-state index is 0.237. The Bertz CT molecular complexity index is 267. The molecule has 0 bridgehead atoms. The number of fused-ring (bicyclic) bond motifs is 1. The molecule has 3 atom stereocenters. The molecule has 4 heteroatoms. The molecule has 0 aromatic heterocycles. The van der Waals surface area contributed by atoms with Crippen molar-refractivity contribution < 1.29 is 14.6 Å². The summed E-state index contributed by atoms with van der Waals surface area (Å²) in [6, 6.07) is -0.280. The van der Waals surface area contributed by atoms with Gasteiger partial charge in [0.15, 0.2) is 0 Å². The molecule has 0 radical (unpaired) electrons. The van der Waals surface area contributed by atoms with Gasteiger partial charge >= 0.3 is 5.97 Å². The van der Waals surface area contributed by atoms with Crippen LogP contribution in [0.4, 0.5) is 0 Å². The first-order valence-corrected chi connectivity index (χ1v) is 5.46. The summed E-state index contributed by atoms with van der Waals surface area (Å²) in [5, 5.41) is 9.09. The van der Waals surface area contributed by atoms with Crippen LogP contribution in [0.3, 0.4) is 0 Å². The summed E-state index contributed by atoms with van der Waals surface area (Å²) in [4.78, 5) is 13.1. The lowest BCUT2D eigenvalue weighted by atomic mass is 10.1. The Hall–Kier alpha value is -0.870. The summed E-state index contributed by atoms with van der Waals surface area (Å²) in [5.74, 6) is -0.808. The molecule has 0 aromatic carbocycles. The SMILES string of the molecule is C=CC(C(=O)O)N1CCOC2CCCC21. The first kappa shape index (κ1) is 10.6. The molecule has 1 N–H and O–H groups in total. The average molecular weight is 211 g/mol. The van der Waals surface area contributed by atoms with Crippen LogP contribution in [0.2, 0.25) is 0 Å². The quantitative estimate of drug-likeness (QED) is 0.704. The second-order valence-corrected chi connectivity index (χ2v) is 4.16. The van der Waals surface area contributed by atoms with Gasteiger partial charge in [-0.1, -0.05) is 6.08 Å². The Kier molecular flexibility index (Phi) is 3.07. The molecule has 2 fully saturated rings. The van der Waals surface area contributed by atoms with E-state index in [1.54, 1.807) is 0 Å². The fourth-order valence-electron chi connectivity index (χ4n) is 2.68. The normalized spacial score (nSPS) is 33.3. The van der Waals surface area contributed by atoms with Gasteiger partial charge in [-0.15, -0.1) is 6.58 Å². The molecule has 1 aliphatic heterocycles. The van der Waals surface area contributed by atoms with Gasteiger partial charge in [0.25, 0.3) is 0 Å². The molecule has 84 valence electrons. The number of carbonyl (C=O) groups is 1. The van der Waals surface area contributed by atoms with Gasteiger partial charge in [-0.2, -0.15) is 0 Å². The van der Waals surface area contributed by atoms with E-state index in [2.05, 4.69) is 6.58 Å². The molecule has 2 aliphatic rings. The van der Waals surface area contributed by atoms with Crippen LogP contribution in [0, 0.1) is 0 Å². The Morgan fingerprint density at radius 2 is 2.40 bits per heavy atom. The monoisotopic (exact) mass is 211 g/mol. The van der Waals surface area contributed by atoms with E-state index in [-0.39, 0.29) is 12.1 Å². The van der Waals surface area contributed by atoms with E-state index in [0.717, 1.165) is 19.3 Å². The van der Waals surface area contributed by atoms with Crippen molar-refractivity contribution in [1.82, 2.24) is 4.90 Å². The van der Waals surface area contributed by atoms with E-state index in [1.807, 2.05) is 4.90 Å². The van der Waals surface area contributed by atoms with Gasteiger partial charge in [0.2, 0.25) is 0 Å². The third-order valence-electron chi connectivity index (χ3n) is 3.36. The van der Waals surface area contributed by atoms with E-state index >= 15 is 0 Å². The third kappa shape index (κ3) is 1.92. The van der Waals surface area contributed by atoms with Crippen LogP contribution in [-0.2, 0) is 9.53 Å². The highest BCUT2D eigenvalue weighted by Crippen LogP contribution is 2.31. The molecule has 4 nitrogen and oxygen atoms in total. The number of rotatable bonds is 3. The molecule has 1 saturated heterocycles. The molecule has 3 unspecified atom stereocenters. The maximum atomic E-state index is 11.1. The largest absolute Gasteiger partial charge is 0.480 e. The molecule has 1 aliphatic carbocycles. The number of carboxylic acids is 1. The van der Waals surface area contributed by atoms with Crippen LogP contribution in [0.15, 0.2) is 12.7 Å². The van der Waals surface area contributed by atoms with Crippen molar-refractivity contribution in [2.45, 2.75) is 37.5 Å². The topological polar surface area (TPSA) is 49.8 Å². The highest BCUT2D eigenvalue weighted by atomic mass is 16.5. The molecule has 0 amide bonds. The Morgan fingerprint density at radius 1 is 1.60 bits per heavy atom. The van der Waals surface area contributed by atoms with Gasteiger partial charge in [0, 0.05) is 12.6 Å². The Labute approximate surface area is 89.5 Å². The number of carboxylic acid groups (broad SMARTS) is 1. The lowest BCUT2D eigenvalue weighted by Gasteiger charge is -2.39. The minimum Gasteiger partial charge on any atom is -0.480 e. The van der Waals surface area contributed by atoms with Crippen LogP contribution in [0.25, 0.3) is 0 Å². The summed E-state index contributed by atoms with van der Waals surface area (Å²) in [6.45, 7) is 4.94. The first-order valence-electron chi connectivity index (χ1n) is 5.46. The molecule has 2 rings (SSSR count). The van der Waals surface area contributed by atoms with E-state index < -0.39 is 12.0 Å². The van der Waals surface area contributed by atoms with Crippen LogP contribution in [0.5, 0.6) is 0 Å². The molecule has 0 spiro atoms. The first-order chi connectivity index (χ1) is 7.24. The zero-order chi connectivity index (χ0) is 10.8. The molecule has 1 heterocycles. The number of hydrogen-bond acceptors (Lipinski definition) is 3. The van der Waals surface area contributed by atoms with Crippen LogP contribution in [0.1, 0.15) is 19.3 Å². The van der Waals surface area contributed by atoms with Gasteiger partial charge in [-0.05, 0) is 19.3 Å². The van der Waals surface area contributed by atoms with Crippen LogP contribution >= 0.6 is 0 Å². The number of hydrogen-bond donors (Lipinski definition) is 1. The molecular weight excluding hydrogens is 194 g/mol. The van der Waals surface area contributed by atoms with Crippen molar-refractivity contribution in [2.24, 2.45) is 0 Å². The second kappa shape index (κ2) is 4.33. The number of nitrogens with zero attached hydrogens (tertiary/aromatic N) is 1. The summed E-state index contributed by atoms with van der Waals surface area (Å²) in [7, 11) is 0. The van der Waals surface area contributed by atoms with E-state index in [9.17, 15) is 4.79 Å². The Morgan fingerprint density at radius 3 is 3.07 bits per heavy atom. The lowest BCUT2D eigenvalue weighted by Crippen LogP contribution is -2.54. The predicted octanol–water partition coefficient (Wildman–Crippen LogP) is 0.879. The van der Waals surface area contributed by atoms with E-state index in [1.165, 1.54) is 6.08 Å². The third-order valence-corrected chi connectivity index (χ3v) is 3.36. The van der Waals surface area contributed by atoms with Gasteiger partial charge in [-0.25, -0.2) is 0 Å². The zero-order valence-electron chi connectivity index (χ0n) is 8.76. The van der Waals surface area contributed by atoms with E-state index in [0.29, 0.717) is 13.2 Å². The summed E-state index contributed by atoms with van der Waals surface area (Å²) in [6.07, 6.45) is 4.99. The van der Waals surface area contributed by atoms with Crippen molar-refractivity contribution in [3.8, 4) is 0 Å². The van der Waals surface area contributed by atoms with E-state index in [4.69, 9.17) is 9.84 Å². The molecule has 1 saturated carbocycles. The highest BCUT2D eigenvalue weighted by Gasteiger charge is 2.40. The van der Waals surface area contributed by atoms with Crippen molar-refractivity contribution >= 4 is 5.97 Å². The number of ether oxygens (including phenoxy) is 1. The average Bonchev–Trinajstić information content (AvgIpc) is 2.66. The maximum Gasteiger partial charge on any atom is 0.324 e. The predicted molar refractivity (Wildman–Crippen MR) is 55.7 cm³/mol. The van der Waals surface area contributed by atoms with Crippen molar-refractivity contribution in [3.63, 3.8) is 0 Å². The zero-order valence-corrected chi connectivity index (χ0v) is 8.76. The molecule has 15 heavy (non-hydrogen) atoms. The van der Waals surface area contributed by atoms with Crippen molar-refractivity contribution in [1.29, 1.82) is 0 Å². The summed E-state index contributed by atoms with van der Waals surface area (Å²) < 4.78 is 5.64. The summed E-state index contributed by atoms with van der Waals surface area (Å²) in [5.41, 5.74) is 0. The van der Waals surface area contributed by atoms with Gasteiger partial charge in [0.1, 0.15) is 6.04 Å². The van der Waals surface area contributed by atoms with Crippen molar-refractivity contribution in [2.75, 3.05) is 13.2 Å². The van der Waals surface area contributed by atoms with Gasteiger partial charge in [-0.3, -0.25) is 9.69 Å².